The van der Waals surface area contributed by atoms with Crippen LogP contribution in [-0.4, -0.2) is 39.8 Å². The summed E-state index contributed by atoms with van der Waals surface area (Å²) in [6.45, 7) is 22.6. The molecule has 0 aliphatic carbocycles. The molecule has 0 radical (unpaired) electrons. The highest BCUT2D eigenvalue weighted by Gasteiger charge is 2.22. The molecule has 0 aliphatic rings. The second kappa shape index (κ2) is 19.3. The maximum absolute atomic E-state index is 3.85. The topological polar surface area (TPSA) is 9.72 Å². The fraction of sp³-hybridized carbons (Fsp3) is 0.435. The highest BCUT2D eigenvalue weighted by Crippen LogP contribution is 2.38. The van der Waals surface area contributed by atoms with E-state index in [1.165, 1.54) is 94.5 Å². The maximum atomic E-state index is 3.85. The van der Waals surface area contributed by atoms with E-state index in [2.05, 4.69) is 155 Å². The molecule has 0 atom stereocenters. The Labute approximate surface area is 299 Å². The molecule has 0 unspecified atom stereocenters. The normalized spacial score (nSPS) is 11.2. The zero-order chi connectivity index (χ0) is 35.2. The molecule has 0 saturated carbocycles. The minimum absolute atomic E-state index is 0.205. The van der Waals surface area contributed by atoms with Crippen LogP contribution in [0, 0.1) is 13.8 Å². The largest absolute Gasteiger partial charge is 0.375 e. The van der Waals surface area contributed by atoms with Gasteiger partial charge in [-0.2, -0.15) is 0 Å². The van der Waals surface area contributed by atoms with Gasteiger partial charge >= 0.3 is 0 Å². The molecule has 3 heteroatoms. The van der Waals surface area contributed by atoms with E-state index in [0.29, 0.717) is 0 Å². The summed E-state index contributed by atoms with van der Waals surface area (Å²) >= 11 is 0. The summed E-state index contributed by atoms with van der Waals surface area (Å²) in [4.78, 5) is 7.25. The Morgan fingerprint density at radius 1 is 0.571 bits per heavy atom. The number of unbranched alkanes of at least 4 members (excludes halogenated alkanes) is 5. The van der Waals surface area contributed by atoms with Crippen molar-refractivity contribution >= 4 is 23.1 Å². The van der Waals surface area contributed by atoms with Crippen molar-refractivity contribution in [3.05, 3.63) is 130 Å². The van der Waals surface area contributed by atoms with Gasteiger partial charge in [0.2, 0.25) is 0 Å². The number of hydrogen-bond donors (Lipinski definition) is 0. The number of anilines is 3. The molecule has 0 spiro atoms. The Bertz CT molecular complexity index is 1500. The van der Waals surface area contributed by atoms with E-state index < -0.39 is 0 Å². The fourth-order valence-electron chi connectivity index (χ4n) is 7.32. The van der Waals surface area contributed by atoms with Gasteiger partial charge in [0, 0.05) is 62.8 Å². The number of aryl methyl sites for hydroxylation is 3. The van der Waals surface area contributed by atoms with Crippen molar-refractivity contribution in [1.29, 1.82) is 0 Å². The summed E-state index contributed by atoms with van der Waals surface area (Å²) in [7, 11) is 2.20. The van der Waals surface area contributed by atoms with Gasteiger partial charge in [-0.25, -0.2) is 0 Å². The minimum Gasteiger partial charge on any atom is -0.375 e. The first-order chi connectivity index (χ1) is 23.8. The summed E-state index contributed by atoms with van der Waals surface area (Å²) in [5.41, 5.74) is 13.5. The quantitative estimate of drug-likeness (QED) is 0.0692. The molecule has 4 aromatic carbocycles. The second-order valence-electron chi connectivity index (χ2n) is 13.7. The fourth-order valence-corrected chi connectivity index (χ4v) is 7.32. The van der Waals surface area contributed by atoms with E-state index in [1.807, 2.05) is 6.08 Å². The van der Waals surface area contributed by atoms with Crippen LogP contribution in [0.3, 0.4) is 0 Å². The first kappa shape index (κ1) is 37.8. The first-order valence-corrected chi connectivity index (χ1v) is 19.1. The standard InChI is InChI=1S/C46H63N3/c1-9-38-23-27-41(28-24-38)47(8)33-19-17-15-14-16-18-20-39-21-25-40(26-22-39)46(44-31-29-42(34-36(44)6)48(10-2)11-3)45-32-30-43(35-37(45)7)49(12-4)13-5/h9,21-32,34-35,46H,1,10-20,33H2,2-8H3. The number of rotatable bonds is 20. The van der Waals surface area contributed by atoms with Gasteiger partial charge in [-0.05, 0) is 136 Å². The van der Waals surface area contributed by atoms with Crippen LogP contribution in [-0.2, 0) is 6.42 Å². The maximum Gasteiger partial charge on any atom is 0.0368 e. The molecule has 49 heavy (non-hydrogen) atoms. The van der Waals surface area contributed by atoms with E-state index in [0.717, 1.165) is 39.1 Å². The molecule has 4 aromatic rings. The molecular weight excluding hydrogens is 595 g/mol. The van der Waals surface area contributed by atoms with Crippen molar-refractivity contribution in [2.75, 3.05) is 54.5 Å². The average Bonchev–Trinajstić information content (AvgIpc) is 3.12. The third kappa shape index (κ3) is 10.3. The van der Waals surface area contributed by atoms with Gasteiger partial charge in [-0.3, -0.25) is 0 Å². The lowest BCUT2D eigenvalue weighted by Gasteiger charge is -2.27. The molecule has 0 amide bonds. The van der Waals surface area contributed by atoms with Crippen molar-refractivity contribution < 1.29 is 0 Å². The van der Waals surface area contributed by atoms with Crippen LogP contribution in [0.5, 0.6) is 0 Å². The highest BCUT2D eigenvalue weighted by molar-refractivity contribution is 5.59. The predicted molar refractivity (Wildman–Crippen MR) is 218 cm³/mol. The van der Waals surface area contributed by atoms with E-state index >= 15 is 0 Å². The lowest BCUT2D eigenvalue weighted by atomic mass is 9.80. The van der Waals surface area contributed by atoms with Crippen molar-refractivity contribution in [3.63, 3.8) is 0 Å². The Balaban J connectivity index is 1.38. The van der Waals surface area contributed by atoms with Crippen LogP contribution >= 0.6 is 0 Å². The smallest absolute Gasteiger partial charge is 0.0368 e. The van der Waals surface area contributed by atoms with Crippen LogP contribution in [0.1, 0.15) is 111 Å². The van der Waals surface area contributed by atoms with Crippen molar-refractivity contribution in [2.45, 2.75) is 92.4 Å². The third-order valence-corrected chi connectivity index (χ3v) is 10.5. The first-order valence-electron chi connectivity index (χ1n) is 19.1. The van der Waals surface area contributed by atoms with E-state index in [-0.39, 0.29) is 5.92 Å². The van der Waals surface area contributed by atoms with Crippen molar-refractivity contribution in [2.24, 2.45) is 0 Å². The van der Waals surface area contributed by atoms with Gasteiger partial charge < -0.3 is 14.7 Å². The molecule has 0 fully saturated rings. The van der Waals surface area contributed by atoms with Gasteiger partial charge in [0.1, 0.15) is 0 Å². The van der Waals surface area contributed by atoms with E-state index in [1.54, 1.807) is 0 Å². The summed E-state index contributed by atoms with van der Waals surface area (Å²) in [6, 6.07) is 32.5. The monoisotopic (exact) mass is 658 g/mol. The molecule has 0 aliphatic heterocycles. The SMILES string of the molecule is C=Cc1ccc(N(C)CCCCCCCCc2ccc(C(c3ccc(N(CC)CC)cc3C)c3ccc(N(CC)CC)cc3C)cc2)cc1. The molecule has 0 heterocycles. The van der Waals surface area contributed by atoms with E-state index in [9.17, 15) is 0 Å². The highest BCUT2D eigenvalue weighted by atomic mass is 15.1. The number of nitrogens with zero attached hydrogens (tertiary/aromatic N) is 3. The van der Waals surface area contributed by atoms with Crippen molar-refractivity contribution in [3.8, 4) is 0 Å². The molecule has 0 bridgehead atoms. The van der Waals surface area contributed by atoms with Crippen LogP contribution in [0.25, 0.3) is 6.08 Å². The van der Waals surface area contributed by atoms with Crippen LogP contribution in [0.2, 0.25) is 0 Å². The summed E-state index contributed by atoms with van der Waals surface area (Å²) in [5, 5.41) is 0. The predicted octanol–water partition coefficient (Wildman–Crippen LogP) is 11.8. The summed E-state index contributed by atoms with van der Waals surface area (Å²) in [5.74, 6) is 0.205. The Kier molecular flexibility index (Phi) is 14.9. The Hall–Kier alpha value is -3.98. The average molecular weight is 658 g/mol. The molecule has 0 saturated heterocycles. The van der Waals surface area contributed by atoms with E-state index in [4.69, 9.17) is 0 Å². The molecule has 3 nitrogen and oxygen atoms in total. The van der Waals surface area contributed by atoms with Gasteiger partial charge in [-0.1, -0.05) is 86.9 Å². The Morgan fingerprint density at radius 2 is 1.04 bits per heavy atom. The second-order valence-corrected chi connectivity index (χ2v) is 13.7. The summed E-state index contributed by atoms with van der Waals surface area (Å²) in [6.07, 6.45) is 10.8. The molecule has 0 aromatic heterocycles. The van der Waals surface area contributed by atoms with Crippen LogP contribution in [0.15, 0.2) is 91.5 Å². The summed E-state index contributed by atoms with van der Waals surface area (Å²) < 4.78 is 0. The molecule has 4 rings (SSSR count). The molecule has 0 N–H and O–H groups in total. The number of hydrogen-bond acceptors (Lipinski definition) is 3. The lowest BCUT2D eigenvalue weighted by molar-refractivity contribution is 0.593. The number of benzene rings is 4. The molecular formula is C46H63N3. The van der Waals surface area contributed by atoms with Crippen LogP contribution in [0.4, 0.5) is 17.1 Å². The van der Waals surface area contributed by atoms with Gasteiger partial charge in [-0.15, -0.1) is 0 Å². The van der Waals surface area contributed by atoms with Gasteiger partial charge in [0.05, 0.1) is 0 Å². The zero-order valence-electron chi connectivity index (χ0n) is 31.8. The van der Waals surface area contributed by atoms with Gasteiger partial charge in [0.15, 0.2) is 0 Å². The lowest BCUT2D eigenvalue weighted by Crippen LogP contribution is -2.22. The third-order valence-electron chi connectivity index (χ3n) is 10.5. The van der Waals surface area contributed by atoms with Crippen molar-refractivity contribution in [1.82, 2.24) is 0 Å². The van der Waals surface area contributed by atoms with Crippen LogP contribution < -0.4 is 14.7 Å². The molecule has 262 valence electrons. The minimum atomic E-state index is 0.205. The van der Waals surface area contributed by atoms with Gasteiger partial charge in [0.25, 0.3) is 0 Å². The Morgan fingerprint density at radius 3 is 1.51 bits per heavy atom. The zero-order valence-corrected chi connectivity index (χ0v) is 31.8.